The van der Waals surface area contributed by atoms with Crippen LogP contribution in [-0.4, -0.2) is 0 Å². The largest absolute Gasteiger partial charge is 0.204 e. The van der Waals surface area contributed by atoms with Crippen LogP contribution in [0.25, 0.3) is 0 Å². The second-order valence-electron chi connectivity index (χ2n) is 2.40. The van der Waals surface area contributed by atoms with Gasteiger partial charge in [-0.15, -0.1) is 0 Å². The third-order valence-corrected chi connectivity index (χ3v) is 2.65. The molecule has 0 nitrogen and oxygen atoms in total. The van der Waals surface area contributed by atoms with E-state index in [1.807, 2.05) is 6.92 Å². The molecule has 0 bridgehead atoms. The highest BCUT2D eigenvalue weighted by atomic mass is 79.9. The lowest BCUT2D eigenvalue weighted by molar-refractivity contribution is 0.506. The van der Waals surface area contributed by atoms with Crippen molar-refractivity contribution in [2.75, 3.05) is 0 Å². The van der Waals surface area contributed by atoms with Crippen molar-refractivity contribution in [1.29, 1.82) is 0 Å². The zero-order valence-electron chi connectivity index (χ0n) is 6.24. The molecule has 0 aliphatic heterocycles. The van der Waals surface area contributed by atoms with Gasteiger partial charge in [0.15, 0.2) is 11.6 Å². The molecule has 1 rings (SSSR count). The minimum atomic E-state index is -0.834. The van der Waals surface area contributed by atoms with E-state index in [0.717, 1.165) is 6.07 Å². The fourth-order valence-electron chi connectivity index (χ4n) is 0.843. The van der Waals surface area contributed by atoms with Crippen molar-refractivity contribution >= 4 is 31.9 Å². The molecule has 1 atom stereocenters. The molecule has 4 heteroatoms. The van der Waals surface area contributed by atoms with E-state index in [1.54, 1.807) is 0 Å². The van der Waals surface area contributed by atoms with Gasteiger partial charge in [0.05, 0.1) is 0 Å². The lowest BCUT2D eigenvalue weighted by Gasteiger charge is -2.06. The number of hydrogen-bond acceptors (Lipinski definition) is 0. The topological polar surface area (TPSA) is 0 Å². The highest BCUT2D eigenvalue weighted by Crippen LogP contribution is 2.30. The van der Waals surface area contributed by atoms with Gasteiger partial charge in [0.25, 0.3) is 0 Å². The molecule has 0 aromatic heterocycles. The molecule has 1 aromatic rings. The molecule has 66 valence electrons. The van der Waals surface area contributed by atoms with Gasteiger partial charge in [-0.05, 0) is 24.6 Å². The Hall–Kier alpha value is 0.0400. The van der Waals surface area contributed by atoms with Gasteiger partial charge in [-0.3, -0.25) is 0 Å². The first-order valence-corrected chi connectivity index (χ1v) is 5.01. The van der Waals surface area contributed by atoms with Gasteiger partial charge in [0.1, 0.15) is 0 Å². The van der Waals surface area contributed by atoms with E-state index in [1.165, 1.54) is 6.07 Å². The molecule has 1 unspecified atom stereocenters. The second kappa shape index (κ2) is 3.83. The lowest BCUT2D eigenvalue weighted by atomic mass is 10.2. The third-order valence-electron chi connectivity index (χ3n) is 1.47. The monoisotopic (exact) mass is 298 g/mol. The number of rotatable bonds is 1. The SMILES string of the molecule is CC(Br)c1cc(F)c(F)cc1Br. The van der Waals surface area contributed by atoms with Crippen LogP contribution in [0.15, 0.2) is 16.6 Å². The Kier molecular flexibility index (Phi) is 3.23. The van der Waals surface area contributed by atoms with E-state index < -0.39 is 11.6 Å². The van der Waals surface area contributed by atoms with Crippen LogP contribution >= 0.6 is 31.9 Å². The number of benzene rings is 1. The quantitative estimate of drug-likeness (QED) is 0.539. The summed E-state index contributed by atoms with van der Waals surface area (Å²) in [4.78, 5) is 0.00183. The maximum atomic E-state index is 12.7. The first-order valence-electron chi connectivity index (χ1n) is 3.31. The third kappa shape index (κ3) is 2.04. The van der Waals surface area contributed by atoms with Gasteiger partial charge < -0.3 is 0 Å². The summed E-state index contributed by atoms with van der Waals surface area (Å²) in [5, 5.41) is 0. The zero-order chi connectivity index (χ0) is 9.30. The molecule has 0 aliphatic rings. The molecule has 0 spiro atoms. The fourth-order valence-corrected chi connectivity index (χ4v) is 2.19. The molecule has 12 heavy (non-hydrogen) atoms. The molecule has 0 fully saturated rings. The fraction of sp³-hybridized carbons (Fsp3) is 0.250. The summed E-state index contributed by atoms with van der Waals surface area (Å²) in [7, 11) is 0. The maximum absolute atomic E-state index is 12.7. The summed E-state index contributed by atoms with van der Waals surface area (Å²) in [6.45, 7) is 1.84. The Bertz CT molecular complexity index is 297. The first-order chi connectivity index (χ1) is 5.52. The molecule has 0 N–H and O–H groups in total. The van der Waals surface area contributed by atoms with Crippen LogP contribution in [0.5, 0.6) is 0 Å². The molecule has 0 saturated heterocycles. The average Bonchev–Trinajstić information content (AvgIpc) is 1.96. The van der Waals surface area contributed by atoms with Crippen LogP contribution in [0.3, 0.4) is 0 Å². The smallest absolute Gasteiger partial charge is 0.159 e. The van der Waals surface area contributed by atoms with E-state index >= 15 is 0 Å². The minimum Gasteiger partial charge on any atom is -0.204 e. The minimum absolute atomic E-state index is 0.00183. The molecule has 0 amide bonds. The van der Waals surface area contributed by atoms with Crippen molar-refractivity contribution in [2.45, 2.75) is 11.8 Å². The Morgan fingerprint density at radius 2 is 1.75 bits per heavy atom. The maximum Gasteiger partial charge on any atom is 0.159 e. The molecule has 1 aromatic carbocycles. The Morgan fingerprint density at radius 3 is 2.25 bits per heavy atom. The van der Waals surface area contributed by atoms with Crippen molar-refractivity contribution in [3.63, 3.8) is 0 Å². The van der Waals surface area contributed by atoms with E-state index in [2.05, 4.69) is 31.9 Å². The van der Waals surface area contributed by atoms with E-state index in [-0.39, 0.29) is 4.83 Å². The Balaban J connectivity index is 3.23. The standard InChI is InChI=1S/C8H6Br2F2/c1-4(9)5-2-7(11)8(12)3-6(5)10/h2-4H,1H3. The summed E-state index contributed by atoms with van der Waals surface area (Å²) in [6.07, 6.45) is 0. The van der Waals surface area contributed by atoms with Crippen LogP contribution in [-0.2, 0) is 0 Å². The first kappa shape index (κ1) is 10.1. The Morgan fingerprint density at radius 1 is 1.25 bits per heavy atom. The van der Waals surface area contributed by atoms with E-state index in [4.69, 9.17) is 0 Å². The van der Waals surface area contributed by atoms with Crippen LogP contribution in [0.4, 0.5) is 8.78 Å². The average molecular weight is 300 g/mol. The van der Waals surface area contributed by atoms with Crippen molar-refractivity contribution in [2.24, 2.45) is 0 Å². The molecule has 0 aliphatic carbocycles. The highest BCUT2D eigenvalue weighted by molar-refractivity contribution is 9.11. The molecular weight excluding hydrogens is 294 g/mol. The highest BCUT2D eigenvalue weighted by Gasteiger charge is 2.10. The van der Waals surface area contributed by atoms with Gasteiger partial charge in [-0.2, -0.15) is 0 Å². The van der Waals surface area contributed by atoms with Gasteiger partial charge in [0.2, 0.25) is 0 Å². The second-order valence-corrected chi connectivity index (χ2v) is 4.63. The normalized spacial score (nSPS) is 13.1. The molecular formula is C8H6Br2F2. The zero-order valence-corrected chi connectivity index (χ0v) is 9.42. The van der Waals surface area contributed by atoms with Gasteiger partial charge >= 0.3 is 0 Å². The summed E-state index contributed by atoms with van der Waals surface area (Å²) in [6, 6.07) is 2.31. The predicted octanol–water partition coefficient (Wildman–Crippen LogP) is 4.18. The summed E-state index contributed by atoms with van der Waals surface area (Å²) >= 11 is 6.42. The summed E-state index contributed by atoms with van der Waals surface area (Å²) in [5.74, 6) is -1.65. The molecule has 0 heterocycles. The number of alkyl halides is 1. The van der Waals surface area contributed by atoms with Gasteiger partial charge in [-0.25, -0.2) is 8.78 Å². The Labute approximate surface area is 86.2 Å². The lowest BCUT2D eigenvalue weighted by Crippen LogP contribution is -1.91. The van der Waals surface area contributed by atoms with E-state index in [0.29, 0.717) is 10.0 Å². The summed E-state index contributed by atoms with van der Waals surface area (Å²) in [5.41, 5.74) is 0.703. The van der Waals surface area contributed by atoms with Crippen LogP contribution < -0.4 is 0 Å². The van der Waals surface area contributed by atoms with Gasteiger partial charge in [-0.1, -0.05) is 31.9 Å². The van der Waals surface area contributed by atoms with Crippen molar-refractivity contribution in [3.05, 3.63) is 33.8 Å². The molecule has 0 radical (unpaired) electrons. The van der Waals surface area contributed by atoms with Gasteiger partial charge in [0, 0.05) is 9.30 Å². The van der Waals surface area contributed by atoms with Crippen molar-refractivity contribution < 1.29 is 8.78 Å². The number of halogens is 4. The van der Waals surface area contributed by atoms with Crippen molar-refractivity contribution in [3.8, 4) is 0 Å². The predicted molar refractivity (Wildman–Crippen MR) is 51.4 cm³/mol. The van der Waals surface area contributed by atoms with Crippen LogP contribution in [0.2, 0.25) is 0 Å². The van der Waals surface area contributed by atoms with Crippen LogP contribution in [0, 0.1) is 11.6 Å². The van der Waals surface area contributed by atoms with E-state index in [9.17, 15) is 8.78 Å². The van der Waals surface area contributed by atoms with Crippen LogP contribution in [0.1, 0.15) is 17.3 Å². The van der Waals surface area contributed by atoms with Crippen molar-refractivity contribution in [1.82, 2.24) is 0 Å². The molecule has 0 saturated carbocycles. The number of hydrogen-bond donors (Lipinski definition) is 0. The summed E-state index contributed by atoms with van der Waals surface area (Å²) < 4.78 is 25.9.